The lowest BCUT2D eigenvalue weighted by Gasteiger charge is -2.37. The van der Waals surface area contributed by atoms with E-state index in [0.29, 0.717) is 11.6 Å². The Morgan fingerprint density at radius 2 is 1.59 bits per heavy atom. The fourth-order valence-corrected chi connectivity index (χ4v) is 1.89. The lowest BCUT2D eigenvalue weighted by molar-refractivity contribution is -0.0425. The molecule has 0 bridgehead atoms. The Hall–Kier alpha value is -1.16. The van der Waals surface area contributed by atoms with E-state index in [1.807, 2.05) is 19.0 Å². The van der Waals surface area contributed by atoms with Gasteiger partial charge in [0.05, 0.1) is 0 Å². The summed E-state index contributed by atoms with van der Waals surface area (Å²) >= 11 is 5.20. The van der Waals surface area contributed by atoms with Crippen LogP contribution in [0.1, 0.15) is 5.56 Å². The van der Waals surface area contributed by atoms with Crippen LogP contribution in [-0.4, -0.2) is 25.1 Å². The quantitative estimate of drug-likeness (QED) is 0.734. The highest BCUT2D eigenvalue weighted by atomic mass is 35.5. The predicted octanol–water partition coefficient (Wildman–Crippen LogP) is 3.69. The number of benzene rings is 1. The molecule has 5 heteroatoms. The van der Waals surface area contributed by atoms with Crippen LogP contribution in [-0.2, 0) is 0 Å². The number of nitrogens with zero attached hydrogens (tertiary/aromatic N) is 1. The number of halogens is 4. The number of hydrogen-bond acceptors (Lipinski definition) is 1. The molecule has 2 rings (SSSR count). The summed E-state index contributed by atoms with van der Waals surface area (Å²) in [5.74, 6) is -3.59. The first-order chi connectivity index (χ1) is 7.75. The van der Waals surface area contributed by atoms with E-state index in [9.17, 15) is 13.2 Å². The minimum absolute atomic E-state index is 0.172. The van der Waals surface area contributed by atoms with Crippen LogP contribution in [0.3, 0.4) is 0 Å². The SMILES string of the molecule is CN(C)c1ccc(C2=CC(F)(F)C2(F)Cl)cc1. The molecule has 0 aliphatic heterocycles. The molecule has 1 aliphatic rings. The number of rotatable bonds is 2. The molecule has 0 amide bonds. The van der Waals surface area contributed by atoms with E-state index in [1.165, 1.54) is 0 Å². The Bertz CT molecular complexity index is 463. The number of hydrogen-bond donors (Lipinski definition) is 0. The smallest absolute Gasteiger partial charge is 0.318 e. The maximum Gasteiger partial charge on any atom is 0.318 e. The molecule has 1 aliphatic carbocycles. The Labute approximate surface area is 102 Å². The van der Waals surface area contributed by atoms with E-state index >= 15 is 0 Å². The van der Waals surface area contributed by atoms with Gasteiger partial charge in [-0.15, -0.1) is 0 Å². The summed E-state index contributed by atoms with van der Waals surface area (Å²) in [6.07, 6.45) is 0.560. The molecule has 92 valence electrons. The predicted molar refractivity (Wildman–Crippen MR) is 63.4 cm³/mol. The van der Waals surface area contributed by atoms with Crippen molar-refractivity contribution >= 4 is 22.9 Å². The Morgan fingerprint density at radius 1 is 1.06 bits per heavy atom. The highest BCUT2D eigenvalue weighted by Crippen LogP contribution is 2.55. The van der Waals surface area contributed by atoms with Crippen molar-refractivity contribution in [1.29, 1.82) is 0 Å². The van der Waals surface area contributed by atoms with Gasteiger partial charge in [-0.05, 0) is 23.8 Å². The van der Waals surface area contributed by atoms with Gasteiger partial charge in [0.25, 0.3) is 5.13 Å². The molecule has 1 nitrogen and oxygen atoms in total. The first kappa shape index (κ1) is 12.3. The van der Waals surface area contributed by atoms with E-state index in [-0.39, 0.29) is 5.57 Å². The maximum absolute atomic E-state index is 13.5. The van der Waals surface area contributed by atoms with Gasteiger partial charge in [-0.3, -0.25) is 0 Å². The molecule has 1 aromatic carbocycles. The summed E-state index contributed by atoms with van der Waals surface area (Å²) in [6, 6.07) is 6.60. The molecule has 1 unspecified atom stereocenters. The van der Waals surface area contributed by atoms with Gasteiger partial charge >= 0.3 is 5.92 Å². The summed E-state index contributed by atoms with van der Waals surface area (Å²) in [6.45, 7) is 0. The van der Waals surface area contributed by atoms with E-state index in [0.717, 1.165) is 5.69 Å². The molecule has 0 saturated carbocycles. The number of anilines is 1. The lowest BCUT2D eigenvalue weighted by Crippen LogP contribution is -2.47. The highest BCUT2D eigenvalue weighted by Gasteiger charge is 2.63. The molecular weight excluding hydrogens is 251 g/mol. The zero-order chi connectivity index (χ0) is 12.8. The minimum atomic E-state index is -3.59. The van der Waals surface area contributed by atoms with Crippen molar-refractivity contribution in [3.63, 3.8) is 0 Å². The monoisotopic (exact) mass is 261 g/mol. The largest absolute Gasteiger partial charge is 0.378 e. The van der Waals surface area contributed by atoms with Crippen molar-refractivity contribution < 1.29 is 13.2 Å². The van der Waals surface area contributed by atoms with E-state index in [2.05, 4.69) is 0 Å². The van der Waals surface area contributed by atoms with Crippen molar-refractivity contribution in [3.05, 3.63) is 35.9 Å². The highest BCUT2D eigenvalue weighted by molar-refractivity contribution is 6.32. The lowest BCUT2D eigenvalue weighted by atomic mass is 9.86. The molecular formula is C12H11ClF3N. The average Bonchev–Trinajstić information content (AvgIpc) is 2.26. The van der Waals surface area contributed by atoms with Crippen molar-refractivity contribution in [3.8, 4) is 0 Å². The van der Waals surface area contributed by atoms with Crippen LogP contribution in [0.5, 0.6) is 0 Å². The molecule has 1 aromatic rings. The summed E-state index contributed by atoms with van der Waals surface area (Å²) in [5.41, 5.74) is 1.10. The summed E-state index contributed by atoms with van der Waals surface area (Å²) in [4.78, 5) is 1.86. The van der Waals surface area contributed by atoms with Crippen molar-refractivity contribution in [1.82, 2.24) is 0 Å². The Kier molecular flexibility index (Phi) is 2.65. The van der Waals surface area contributed by atoms with E-state index < -0.39 is 11.1 Å². The van der Waals surface area contributed by atoms with E-state index in [1.54, 1.807) is 24.3 Å². The van der Waals surface area contributed by atoms with Crippen LogP contribution in [0.15, 0.2) is 30.3 Å². The summed E-state index contributed by atoms with van der Waals surface area (Å²) < 4.78 is 39.3. The number of allylic oxidation sites excluding steroid dienone is 2. The van der Waals surface area contributed by atoms with E-state index in [4.69, 9.17) is 11.6 Å². The van der Waals surface area contributed by atoms with Crippen molar-refractivity contribution in [2.24, 2.45) is 0 Å². The van der Waals surface area contributed by atoms with Crippen molar-refractivity contribution in [2.45, 2.75) is 11.1 Å². The maximum atomic E-state index is 13.5. The summed E-state index contributed by atoms with van der Waals surface area (Å²) in [7, 11) is 3.71. The standard InChI is InChI=1S/C12H11ClF3N/c1-17(2)9-5-3-8(4-6-9)10-7-11(14,15)12(10,13)16/h3-7H,1-2H3. The van der Waals surface area contributed by atoms with Gasteiger partial charge in [-0.25, -0.2) is 4.39 Å². The van der Waals surface area contributed by atoms with Gasteiger partial charge < -0.3 is 4.90 Å². The topological polar surface area (TPSA) is 3.24 Å². The molecule has 1 atom stereocenters. The summed E-state index contributed by atoms with van der Waals surface area (Å²) in [5, 5.41) is -3.09. The molecule has 0 radical (unpaired) electrons. The Morgan fingerprint density at radius 3 is 1.94 bits per heavy atom. The second-order valence-electron chi connectivity index (χ2n) is 4.20. The normalized spacial score (nSPS) is 26.1. The zero-order valence-corrected chi connectivity index (χ0v) is 10.1. The van der Waals surface area contributed by atoms with Gasteiger partial charge in [0.2, 0.25) is 0 Å². The van der Waals surface area contributed by atoms with Gasteiger partial charge in [0.1, 0.15) is 0 Å². The van der Waals surface area contributed by atoms with Crippen LogP contribution in [0.4, 0.5) is 18.9 Å². The average molecular weight is 262 g/mol. The first-order valence-electron chi connectivity index (χ1n) is 5.02. The van der Waals surface area contributed by atoms with Crippen LogP contribution in [0.2, 0.25) is 0 Å². The van der Waals surface area contributed by atoms with Crippen LogP contribution < -0.4 is 4.90 Å². The molecule has 0 aromatic heterocycles. The van der Waals surface area contributed by atoms with Gasteiger partial charge in [-0.1, -0.05) is 23.7 Å². The second-order valence-corrected chi connectivity index (χ2v) is 4.72. The molecule has 0 heterocycles. The van der Waals surface area contributed by atoms with Gasteiger partial charge in [0, 0.05) is 25.4 Å². The van der Waals surface area contributed by atoms with Crippen LogP contribution >= 0.6 is 11.6 Å². The van der Waals surface area contributed by atoms with Crippen LogP contribution in [0, 0.1) is 0 Å². The minimum Gasteiger partial charge on any atom is -0.378 e. The van der Waals surface area contributed by atoms with Crippen LogP contribution in [0.25, 0.3) is 5.57 Å². The third-order valence-corrected chi connectivity index (χ3v) is 3.23. The fourth-order valence-electron chi connectivity index (χ4n) is 1.67. The molecule has 0 spiro atoms. The van der Waals surface area contributed by atoms with Gasteiger partial charge in [-0.2, -0.15) is 8.78 Å². The molecule has 17 heavy (non-hydrogen) atoms. The molecule has 0 fully saturated rings. The third kappa shape index (κ3) is 1.80. The van der Waals surface area contributed by atoms with Crippen molar-refractivity contribution in [2.75, 3.05) is 19.0 Å². The fraction of sp³-hybridized carbons (Fsp3) is 0.333. The molecule has 0 saturated heterocycles. The number of alkyl halides is 4. The Balaban J connectivity index is 2.32. The zero-order valence-electron chi connectivity index (χ0n) is 9.35. The third-order valence-electron chi connectivity index (χ3n) is 2.78. The second kappa shape index (κ2) is 3.67. The van der Waals surface area contributed by atoms with Gasteiger partial charge in [0.15, 0.2) is 0 Å². The first-order valence-corrected chi connectivity index (χ1v) is 5.40. The molecule has 0 N–H and O–H groups in total.